The van der Waals surface area contributed by atoms with Crippen molar-refractivity contribution in [2.75, 3.05) is 0 Å². The average molecular weight is 326 g/mol. The van der Waals surface area contributed by atoms with E-state index in [1.165, 1.54) is 0 Å². The molecule has 0 radical (unpaired) electrons. The molecule has 0 aliphatic heterocycles. The fourth-order valence-electron chi connectivity index (χ4n) is 2.90. The summed E-state index contributed by atoms with van der Waals surface area (Å²) in [6, 6.07) is 0. The third-order valence-corrected chi connectivity index (χ3v) is 4.60. The quantitative estimate of drug-likeness (QED) is 0.410. The molecule has 23 heavy (non-hydrogen) atoms. The molecule has 0 amide bonds. The smallest absolute Gasteiger partial charge is 0.245 e. The number of allylic oxidation sites excluding steroid dienone is 4. The van der Waals surface area contributed by atoms with E-state index in [0.29, 0.717) is 35.1 Å². The summed E-state index contributed by atoms with van der Waals surface area (Å²) in [6.07, 6.45) is 5.73. The second-order valence-electron chi connectivity index (χ2n) is 6.70. The topological polar surface area (TPSA) is 34.1 Å². The molecule has 1 aliphatic carbocycles. The van der Waals surface area contributed by atoms with Crippen molar-refractivity contribution in [3.8, 4) is 0 Å². The Morgan fingerprint density at radius 1 is 0.739 bits per heavy atom. The minimum absolute atomic E-state index is 0.00442. The molecule has 0 bridgehead atoms. The number of unbranched alkanes of at least 4 members (excludes halogenated alkanes) is 5. The Bertz CT molecular complexity index is 522. The lowest BCUT2D eigenvalue weighted by atomic mass is 9.84. The average Bonchev–Trinajstić information content (AvgIpc) is 2.47. The van der Waals surface area contributed by atoms with E-state index < -0.39 is 5.92 Å². The monoisotopic (exact) mass is 326 g/mol. The molecule has 0 fully saturated rings. The van der Waals surface area contributed by atoms with Crippen molar-refractivity contribution >= 4 is 11.6 Å². The van der Waals surface area contributed by atoms with Gasteiger partial charge in [-0.2, -0.15) is 0 Å². The Balaban J connectivity index is 2.29. The molecule has 1 aliphatic rings. The zero-order valence-electron chi connectivity index (χ0n) is 14.7. The molecule has 0 saturated carbocycles. The minimum Gasteiger partial charge on any atom is -0.289 e. The number of Topliss-reactive ketones (excluding diaryl/α,β-unsaturated/α-hetero) is 2. The number of ketones is 2. The summed E-state index contributed by atoms with van der Waals surface area (Å²) < 4.78 is 25.3. The van der Waals surface area contributed by atoms with Crippen LogP contribution in [0.5, 0.6) is 0 Å². The first-order chi connectivity index (χ1) is 10.6. The molecule has 0 atom stereocenters. The number of carbonyl (C=O) groups is 2. The third-order valence-electron chi connectivity index (χ3n) is 4.60. The molecule has 0 unspecified atom stereocenters. The van der Waals surface area contributed by atoms with Crippen LogP contribution in [0.1, 0.15) is 79.1 Å². The molecule has 2 nitrogen and oxygen atoms in total. The highest BCUT2D eigenvalue weighted by Crippen LogP contribution is 2.27. The highest BCUT2D eigenvalue weighted by Gasteiger charge is 2.27. The largest absolute Gasteiger partial charge is 0.289 e. The number of hydrogen-bond acceptors (Lipinski definition) is 2. The van der Waals surface area contributed by atoms with Crippen LogP contribution in [-0.4, -0.2) is 17.5 Å². The van der Waals surface area contributed by atoms with Gasteiger partial charge in [-0.3, -0.25) is 9.59 Å². The molecule has 4 heteroatoms. The zero-order chi connectivity index (χ0) is 17.6. The van der Waals surface area contributed by atoms with Crippen molar-refractivity contribution in [2.45, 2.75) is 85.0 Å². The molecule has 0 aromatic carbocycles. The van der Waals surface area contributed by atoms with Crippen LogP contribution in [0.3, 0.4) is 0 Å². The summed E-state index contributed by atoms with van der Waals surface area (Å²) in [7, 11) is 0. The maximum atomic E-state index is 12.7. The lowest BCUT2D eigenvalue weighted by molar-refractivity contribution is -0.116. The zero-order valence-corrected chi connectivity index (χ0v) is 14.7. The van der Waals surface area contributed by atoms with Crippen LogP contribution >= 0.6 is 0 Å². The van der Waals surface area contributed by atoms with E-state index in [-0.39, 0.29) is 18.0 Å². The van der Waals surface area contributed by atoms with E-state index >= 15 is 0 Å². The number of hydrogen-bond donors (Lipinski definition) is 0. The van der Waals surface area contributed by atoms with Gasteiger partial charge in [-0.15, -0.1) is 0 Å². The van der Waals surface area contributed by atoms with Gasteiger partial charge in [-0.05, 0) is 47.0 Å². The summed E-state index contributed by atoms with van der Waals surface area (Å²) in [6.45, 7) is 6.11. The van der Waals surface area contributed by atoms with Crippen LogP contribution in [0.15, 0.2) is 22.3 Å². The molecule has 0 spiro atoms. The van der Waals surface area contributed by atoms with Crippen molar-refractivity contribution in [1.29, 1.82) is 0 Å². The Labute approximate surface area is 138 Å². The van der Waals surface area contributed by atoms with E-state index in [1.807, 2.05) is 0 Å². The van der Waals surface area contributed by atoms with E-state index in [2.05, 4.69) is 0 Å². The Morgan fingerprint density at radius 3 is 1.78 bits per heavy atom. The Hall–Kier alpha value is -1.32. The van der Waals surface area contributed by atoms with Crippen LogP contribution in [0.25, 0.3) is 0 Å². The lowest BCUT2D eigenvalue weighted by Crippen LogP contribution is -2.20. The molecule has 0 N–H and O–H groups in total. The molecule has 0 aromatic heterocycles. The van der Waals surface area contributed by atoms with Crippen molar-refractivity contribution in [1.82, 2.24) is 0 Å². The van der Waals surface area contributed by atoms with Crippen molar-refractivity contribution < 1.29 is 18.4 Å². The van der Waals surface area contributed by atoms with Crippen LogP contribution in [0.2, 0.25) is 0 Å². The van der Waals surface area contributed by atoms with E-state index in [0.717, 1.165) is 39.0 Å². The van der Waals surface area contributed by atoms with Crippen molar-refractivity contribution in [3.63, 3.8) is 0 Å². The lowest BCUT2D eigenvalue weighted by Gasteiger charge is -2.18. The number of halogens is 2. The van der Waals surface area contributed by atoms with Gasteiger partial charge in [0.25, 0.3) is 0 Å². The van der Waals surface area contributed by atoms with Crippen LogP contribution in [0, 0.1) is 0 Å². The summed E-state index contributed by atoms with van der Waals surface area (Å²) >= 11 is 0. The van der Waals surface area contributed by atoms with Gasteiger partial charge in [0.15, 0.2) is 11.6 Å². The fourth-order valence-corrected chi connectivity index (χ4v) is 2.90. The van der Waals surface area contributed by atoms with Gasteiger partial charge in [-0.1, -0.05) is 25.7 Å². The maximum Gasteiger partial charge on any atom is 0.245 e. The predicted octanol–water partition coefficient (Wildman–Crippen LogP) is 5.57. The minimum atomic E-state index is -2.55. The first-order valence-corrected chi connectivity index (χ1v) is 8.49. The SMILES string of the molecule is CC1=C(C)C(=O)C(CCCCCCCCC(C)(F)F)=C(C)C1=O. The highest BCUT2D eigenvalue weighted by molar-refractivity contribution is 6.24. The Morgan fingerprint density at radius 2 is 1.22 bits per heavy atom. The number of alkyl halides is 2. The van der Waals surface area contributed by atoms with Gasteiger partial charge in [0.1, 0.15) is 0 Å². The van der Waals surface area contributed by atoms with Gasteiger partial charge in [-0.25, -0.2) is 8.78 Å². The van der Waals surface area contributed by atoms with Crippen molar-refractivity contribution in [2.24, 2.45) is 0 Å². The molecule has 1 rings (SSSR count). The standard InChI is InChI=1S/C19H28F2O2/c1-13-14(2)18(23)16(15(3)17(13)22)11-9-7-5-6-8-10-12-19(4,20)21/h5-12H2,1-4H3. The summed E-state index contributed by atoms with van der Waals surface area (Å²) in [5, 5.41) is 0. The third kappa shape index (κ3) is 6.00. The summed E-state index contributed by atoms with van der Waals surface area (Å²) in [5.41, 5.74) is 2.37. The molecule has 0 saturated heterocycles. The molecular formula is C19H28F2O2. The molecule has 0 aromatic rings. The highest BCUT2D eigenvalue weighted by atomic mass is 19.3. The Kier molecular flexibility index (Phi) is 7.30. The first kappa shape index (κ1) is 19.7. The normalized spacial score (nSPS) is 16.6. The second kappa shape index (κ2) is 8.51. The van der Waals surface area contributed by atoms with E-state index in [1.54, 1.807) is 20.8 Å². The fraction of sp³-hybridized carbons (Fsp3) is 0.684. The van der Waals surface area contributed by atoms with Gasteiger partial charge in [0.05, 0.1) is 0 Å². The van der Waals surface area contributed by atoms with E-state index in [9.17, 15) is 18.4 Å². The molecule has 0 heterocycles. The molecular weight excluding hydrogens is 298 g/mol. The number of carbonyl (C=O) groups excluding carboxylic acids is 2. The van der Waals surface area contributed by atoms with Crippen molar-refractivity contribution in [3.05, 3.63) is 22.3 Å². The van der Waals surface area contributed by atoms with Gasteiger partial charge >= 0.3 is 0 Å². The van der Waals surface area contributed by atoms with Crippen LogP contribution in [0.4, 0.5) is 8.78 Å². The number of rotatable bonds is 9. The second-order valence-corrected chi connectivity index (χ2v) is 6.70. The van der Waals surface area contributed by atoms with Gasteiger partial charge < -0.3 is 0 Å². The summed E-state index contributed by atoms with van der Waals surface area (Å²) in [5.74, 6) is -2.57. The maximum absolute atomic E-state index is 12.7. The van der Waals surface area contributed by atoms with Gasteiger partial charge in [0.2, 0.25) is 5.92 Å². The van der Waals surface area contributed by atoms with Gasteiger partial charge in [0, 0.05) is 28.7 Å². The van der Waals surface area contributed by atoms with Crippen LogP contribution in [-0.2, 0) is 9.59 Å². The van der Waals surface area contributed by atoms with Crippen LogP contribution < -0.4 is 0 Å². The summed E-state index contributed by atoms with van der Waals surface area (Å²) in [4.78, 5) is 24.3. The predicted molar refractivity (Wildman–Crippen MR) is 88.6 cm³/mol. The molecule has 130 valence electrons. The van der Waals surface area contributed by atoms with E-state index in [4.69, 9.17) is 0 Å². The first-order valence-electron chi connectivity index (χ1n) is 8.49.